The molecular formula is C19H28N6O. The lowest BCUT2D eigenvalue weighted by Crippen LogP contribution is -2.46. The number of anilines is 2. The number of rotatable bonds is 6. The number of nitrogens with zero attached hydrogens (tertiary/aromatic N) is 6. The Morgan fingerprint density at radius 3 is 2.38 bits per heavy atom. The van der Waals surface area contributed by atoms with Crippen LogP contribution in [0.5, 0.6) is 0 Å². The summed E-state index contributed by atoms with van der Waals surface area (Å²) in [7, 11) is 4.05. The summed E-state index contributed by atoms with van der Waals surface area (Å²) >= 11 is 0. The van der Waals surface area contributed by atoms with E-state index in [2.05, 4.69) is 30.8 Å². The van der Waals surface area contributed by atoms with E-state index in [0.29, 0.717) is 12.1 Å². The highest BCUT2D eigenvalue weighted by Crippen LogP contribution is 2.36. The van der Waals surface area contributed by atoms with Crippen molar-refractivity contribution in [2.24, 2.45) is 0 Å². The Morgan fingerprint density at radius 1 is 1.08 bits per heavy atom. The first-order valence-corrected chi connectivity index (χ1v) is 9.51. The Labute approximate surface area is 155 Å². The average Bonchev–Trinajstić information content (AvgIpc) is 3.39. The third kappa shape index (κ3) is 3.82. The van der Waals surface area contributed by atoms with Crippen molar-refractivity contribution in [2.45, 2.75) is 51.2 Å². The third-order valence-electron chi connectivity index (χ3n) is 5.30. The number of hydrogen-bond acceptors (Lipinski definition) is 7. The lowest BCUT2D eigenvalue weighted by molar-refractivity contribution is 0.198. The molecule has 7 heteroatoms. The van der Waals surface area contributed by atoms with Gasteiger partial charge in [-0.05, 0) is 25.7 Å². The lowest BCUT2D eigenvalue weighted by Gasteiger charge is -2.39. The molecule has 0 amide bonds. The number of hydrogen-bond donors (Lipinski definition) is 0. The predicted octanol–water partition coefficient (Wildman–Crippen LogP) is 2.47. The number of aryl methyl sites for hydroxylation is 1. The van der Waals surface area contributed by atoms with Crippen molar-refractivity contribution in [3.8, 4) is 0 Å². The summed E-state index contributed by atoms with van der Waals surface area (Å²) in [5, 5.41) is 0. The molecule has 0 aromatic carbocycles. The third-order valence-corrected chi connectivity index (χ3v) is 5.30. The Bertz CT molecular complexity index is 733. The highest BCUT2D eigenvalue weighted by atomic mass is 16.3. The summed E-state index contributed by atoms with van der Waals surface area (Å²) in [6, 6.07) is 3.33. The molecule has 2 aliphatic rings. The quantitative estimate of drug-likeness (QED) is 0.788. The summed E-state index contributed by atoms with van der Waals surface area (Å²) < 4.78 is 5.33. The fraction of sp³-hybridized carbons (Fsp3) is 0.632. The van der Waals surface area contributed by atoms with Crippen molar-refractivity contribution in [3.63, 3.8) is 0 Å². The summed E-state index contributed by atoms with van der Waals surface area (Å²) in [6.07, 6.45) is 8.35. The van der Waals surface area contributed by atoms with Crippen LogP contribution in [0.25, 0.3) is 0 Å². The Balaban J connectivity index is 1.42. The van der Waals surface area contributed by atoms with Gasteiger partial charge in [0.15, 0.2) is 5.89 Å². The Morgan fingerprint density at radius 2 is 1.77 bits per heavy atom. The van der Waals surface area contributed by atoms with Gasteiger partial charge in [-0.25, -0.2) is 15.0 Å². The van der Waals surface area contributed by atoms with Crippen molar-refractivity contribution >= 4 is 11.6 Å². The lowest BCUT2D eigenvalue weighted by atomic mass is 10.0. The van der Waals surface area contributed by atoms with E-state index in [0.717, 1.165) is 55.7 Å². The van der Waals surface area contributed by atoms with Crippen molar-refractivity contribution in [1.29, 1.82) is 0 Å². The molecule has 26 heavy (non-hydrogen) atoms. The maximum absolute atomic E-state index is 5.33. The molecule has 0 N–H and O–H groups in total. The summed E-state index contributed by atoms with van der Waals surface area (Å²) in [4.78, 5) is 20.5. The number of piperidine rings is 1. The van der Waals surface area contributed by atoms with E-state index in [-0.39, 0.29) is 0 Å². The molecule has 0 radical (unpaired) electrons. The fourth-order valence-corrected chi connectivity index (χ4v) is 3.81. The largest absolute Gasteiger partial charge is 0.449 e. The second-order valence-corrected chi connectivity index (χ2v) is 7.63. The van der Waals surface area contributed by atoms with Crippen molar-refractivity contribution in [2.75, 3.05) is 37.0 Å². The zero-order chi connectivity index (χ0) is 18.1. The van der Waals surface area contributed by atoms with Crippen LogP contribution in [0.4, 0.5) is 11.6 Å². The molecule has 0 bridgehead atoms. The SMILES string of the molecule is Cc1nc(CN2CCC(N(c3cc(N(C)C)ncn3)C3CC3)CC2)co1. The van der Waals surface area contributed by atoms with Gasteiger partial charge >= 0.3 is 0 Å². The van der Waals surface area contributed by atoms with Crippen LogP contribution >= 0.6 is 0 Å². The van der Waals surface area contributed by atoms with Gasteiger partial charge in [-0.3, -0.25) is 4.90 Å². The minimum atomic E-state index is 0.558. The molecular weight excluding hydrogens is 328 g/mol. The number of aromatic nitrogens is 3. The average molecular weight is 356 g/mol. The van der Waals surface area contributed by atoms with Crippen molar-refractivity contribution < 1.29 is 4.42 Å². The molecule has 0 spiro atoms. The molecule has 1 saturated heterocycles. The van der Waals surface area contributed by atoms with Gasteiger partial charge < -0.3 is 14.2 Å². The first-order valence-electron chi connectivity index (χ1n) is 9.51. The topological polar surface area (TPSA) is 61.5 Å². The van der Waals surface area contributed by atoms with E-state index in [9.17, 15) is 0 Å². The second kappa shape index (κ2) is 7.23. The van der Waals surface area contributed by atoms with E-state index in [1.807, 2.05) is 25.9 Å². The molecule has 2 fully saturated rings. The van der Waals surface area contributed by atoms with Crippen LogP contribution in [0.1, 0.15) is 37.3 Å². The normalized spacial score (nSPS) is 18.9. The highest BCUT2D eigenvalue weighted by Gasteiger charge is 2.36. The van der Waals surface area contributed by atoms with Gasteiger partial charge in [0.1, 0.15) is 24.2 Å². The first-order chi connectivity index (χ1) is 12.6. The van der Waals surface area contributed by atoms with Crippen LogP contribution in [0.2, 0.25) is 0 Å². The maximum Gasteiger partial charge on any atom is 0.191 e. The van der Waals surface area contributed by atoms with Crippen LogP contribution in [0.3, 0.4) is 0 Å². The van der Waals surface area contributed by atoms with Gasteiger partial charge in [-0.15, -0.1) is 0 Å². The van der Waals surface area contributed by atoms with Crippen LogP contribution in [0.15, 0.2) is 23.1 Å². The predicted molar refractivity (Wildman–Crippen MR) is 101 cm³/mol. The molecule has 0 unspecified atom stereocenters. The first kappa shape index (κ1) is 17.3. The highest BCUT2D eigenvalue weighted by molar-refractivity contribution is 5.51. The van der Waals surface area contributed by atoms with E-state index < -0.39 is 0 Å². The standard InChI is InChI=1S/C19H28N6O/c1-14-22-15(12-26-14)11-24-8-6-17(7-9-24)25(16-4-5-16)19-10-18(23(2)3)20-13-21-19/h10,12-13,16-17H,4-9,11H2,1-3H3. The minimum absolute atomic E-state index is 0.558. The van der Waals surface area contributed by atoms with Gasteiger partial charge in [-0.1, -0.05) is 0 Å². The molecule has 2 aromatic heterocycles. The van der Waals surface area contributed by atoms with Gasteiger partial charge in [0.25, 0.3) is 0 Å². The number of likely N-dealkylation sites (tertiary alicyclic amines) is 1. The monoisotopic (exact) mass is 356 g/mol. The molecule has 3 heterocycles. The summed E-state index contributed by atoms with van der Waals surface area (Å²) in [5.41, 5.74) is 1.03. The molecule has 1 aliphatic carbocycles. The van der Waals surface area contributed by atoms with Crippen LogP contribution in [0, 0.1) is 6.92 Å². The zero-order valence-electron chi connectivity index (χ0n) is 15.9. The molecule has 1 aliphatic heterocycles. The van der Waals surface area contributed by atoms with Gasteiger partial charge in [0.05, 0.1) is 5.69 Å². The van der Waals surface area contributed by atoms with Crippen LogP contribution < -0.4 is 9.80 Å². The molecule has 4 rings (SSSR count). The summed E-state index contributed by atoms with van der Waals surface area (Å²) in [6.45, 7) is 4.95. The van der Waals surface area contributed by atoms with Crippen LogP contribution in [-0.2, 0) is 6.54 Å². The summed E-state index contributed by atoms with van der Waals surface area (Å²) in [5.74, 6) is 2.80. The fourth-order valence-electron chi connectivity index (χ4n) is 3.81. The van der Waals surface area contributed by atoms with E-state index in [1.165, 1.54) is 12.8 Å². The molecule has 7 nitrogen and oxygen atoms in total. The Kier molecular flexibility index (Phi) is 4.80. The van der Waals surface area contributed by atoms with Gasteiger partial charge in [0.2, 0.25) is 0 Å². The van der Waals surface area contributed by atoms with E-state index >= 15 is 0 Å². The zero-order valence-corrected chi connectivity index (χ0v) is 15.9. The second-order valence-electron chi connectivity index (χ2n) is 7.63. The maximum atomic E-state index is 5.33. The van der Waals surface area contributed by atoms with Crippen LogP contribution in [-0.4, -0.2) is 59.1 Å². The van der Waals surface area contributed by atoms with Gasteiger partial charge in [-0.2, -0.15) is 0 Å². The van der Waals surface area contributed by atoms with Gasteiger partial charge in [0, 0.05) is 58.8 Å². The van der Waals surface area contributed by atoms with E-state index in [1.54, 1.807) is 12.6 Å². The molecule has 140 valence electrons. The minimum Gasteiger partial charge on any atom is -0.449 e. The molecule has 1 saturated carbocycles. The van der Waals surface area contributed by atoms with E-state index in [4.69, 9.17) is 4.42 Å². The molecule has 0 atom stereocenters. The smallest absolute Gasteiger partial charge is 0.191 e. The Hall–Kier alpha value is -2.15. The van der Waals surface area contributed by atoms with Crippen molar-refractivity contribution in [3.05, 3.63) is 30.2 Å². The number of oxazole rings is 1. The molecule has 2 aromatic rings. The van der Waals surface area contributed by atoms with Crippen molar-refractivity contribution in [1.82, 2.24) is 19.9 Å².